The lowest BCUT2D eigenvalue weighted by molar-refractivity contribution is -0.384. The van der Waals surface area contributed by atoms with Gasteiger partial charge in [0.2, 0.25) is 0 Å². The van der Waals surface area contributed by atoms with Gasteiger partial charge in [0, 0.05) is 12.1 Å². The molecule has 80 valence electrons. The van der Waals surface area contributed by atoms with E-state index in [9.17, 15) is 20.0 Å². The number of rotatable bonds is 4. The number of aliphatic hydroxyl groups is 1. The van der Waals surface area contributed by atoms with E-state index in [1.54, 1.807) is 0 Å². The van der Waals surface area contributed by atoms with E-state index in [1.165, 1.54) is 24.3 Å². The van der Waals surface area contributed by atoms with Crippen molar-refractivity contribution in [2.45, 2.75) is 12.5 Å². The average molecular weight is 211 g/mol. The molecule has 0 bridgehead atoms. The second-order valence-electron chi connectivity index (χ2n) is 2.96. The fraction of sp³-hybridized carbons (Fsp3) is 0.222. The quantitative estimate of drug-likeness (QED) is 0.573. The average Bonchev–Trinajstić information content (AvgIpc) is 2.17. The highest BCUT2D eigenvalue weighted by Gasteiger charge is 2.13. The van der Waals surface area contributed by atoms with Crippen LogP contribution < -0.4 is 0 Å². The predicted octanol–water partition coefficient (Wildman–Crippen LogP) is 1.10. The van der Waals surface area contributed by atoms with Gasteiger partial charge in [-0.05, 0) is 17.7 Å². The Balaban J connectivity index is 2.79. The van der Waals surface area contributed by atoms with Crippen molar-refractivity contribution in [2.75, 3.05) is 0 Å². The molecule has 0 aliphatic carbocycles. The Morgan fingerprint density at radius 1 is 1.40 bits per heavy atom. The largest absolute Gasteiger partial charge is 0.481 e. The highest BCUT2D eigenvalue weighted by atomic mass is 16.6. The lowest BCUT2D eigenvalue weighted by Crippen LogP contribution is -2.05. The Hall–Kier alpha value is -1.95. The van der Waals surface area contributed by atoms with E-state index in [1.807, 2.05) is 0 Å². The fourth-order valence-electron chi connectivity index (χ4n) is 1.10. The Bertz CT molecular complexity index is 373. The van der Waals surface area contributed by atoms with Gasteiger partial charge in [-0.2, -0.15) is 0 Å². The van der Waals surface area contributed by atoms with Crippen molar-refractivity contribution in [2.24, 2.45) is 0 Å². The van der Waals surface area contributed by atoms with E-state index in [2.05, 4.69) is 0 Å². The van der Waals surface area contributed by atoms with E-state index < -0.39 is 23.4 Å². The number of aliphatic carboxylic acids is 1. The van der Waals surface area contributed by atoms with E-state index in [0.717, 1.165) is 0 Å². The van der Waals surface area contributed by atoms with Gasteiger partial charge in [0.25, 0.3) is 5.69 Å². The van der Waals surface area contributed by atoms with Crippen LogP contribution in [0, 0.1) is 10.1 Å². The third-order valence-electron chi connectivity index (χ3n) is 1.86. The number of carboxylic acid groups (broad SMARTS) is 1. The molecule has 0 unspecified atom stereocenters. The Morgan fingerprint density at radius 2 is 1.93 bits per heavy atom. The third-order valence-corrected chi connectivity index (χ3v) is 1.86. The van der Waals surface area contributed by atoms with E-state index in [4.69, 9.17) is 5.11 Å². The van der Waals surface area contributed by atoms with Crippen LogP contribution in [0.25, 0.3) is 0 Å². The summed E-state index contributed by atoms with van der Waals surface area (Å²) in [4.78, 5) is 20.0. The smallest absolute Gasteiger partial charge is 0.306 e. The number of nitro groups is 1. The van der Waals surface area contributed by atoms with Crippen LogP contribution in [0.3, 0.4) is 0 Å². The maximum atomic E-state index is 10.3. The summed E-state index contributed by atoms with van der Waals surface area (Å²) in [5, 5.41) is 28.1. The summed E-state index contributed by atoms with van der Waals surface area (Å²) in [7, 11) is 0. The molecule has 0 fully saturated rings. The number of benzene rings is 1. The molecule has 1 rings (SSSR count). The summed E-state index contributed by atoms with van der Waals surface area (Å²) in [6, 6.07) is 5.12. The van der Waals surface area contributed by atoms with Crippen LogP contribution >= 0.6 is 0 Å². The molecule has 2 N–H and O–H groups in total. The number of carbonyl (C=O) groups is 1. The van der Waals surface area contributed by atoms with Crippen molar-refractivity contribution in [3.8, 4) is 0 Å². The van der Waals surface area contributed by atoms with Gasteiger partial charge in [-0.25, -0.2) is 0 Å². The molecule has 6 heteroatoms. The van der Waals surface area contributed by atoms with E-state index >= 15 is 0 Å². The summed E-state index contributed by atoms with van der Waals surface area (Å²) >= 11 is 0. The lowest BCUT2D eigenvalue weighted by atomic mass is 10.1. The molecule has 0 spiro atoms. The minimum Gasteiger partial charge on any atom is -0.481 e. The first-order valence-corrected chi connectivity index (χ1v) is 4.15. The molecule has 6 nitrogen and oxygen atoms in total. The van der Waals surface area contributed by atoms with Crippen LogP contribution in [0.1, 0.15) is 18.1 Å². The van der Waals surface area contributed by atoms with Crippen LogP contribution in [0.2, 0.25) is 0 Å². The third kappa shape index (κ3) is 3.03. The van der Waals surface area contributed by atoms with Crippen LogP contribution in [0.15, 0.2) is 24.3 Å². The lowest BCUT2D eigenvalue weighted by Gasteiger charge is -2.06. The molecule has 0 radical (unpaired) electrons. The molecular formula is C9H9NO5. The van der Waals surface area contributed by atoms with Crippen LogP contribution in [-0.2, 0) is 4.79 Å². The van der Waals surface area contributed by atoms with Crippen molar-refractivity contribution in [1.29, 1.82) is 0 Å². The molecule has 15 heavy (non-hydrogen) atoms. The fourth-order valence-corrected chi connectivity index (χ4v) is 1.10. The van der Waals surface area contributed by atoms with Gasteiger partial charge >= 0.3 is 5.97 Å². The molecule has 1 atom stereocenters. The molecule has 0 amide bonds. The van der Waals surface area contributed by atoms with Crippen molar-refractivity contribution in [3.05, 3.63) is 39.9 Å². The van der Waals surface area contributed by atoms with Crippen molar-refractivity contribution < 1.29 is 19.9 Å². The normalized spacial score (nSPS) is 12.1. The predicted molar refractivity (Wildman–Crippen MR) is 50.3 cm³/mol. The monoisotopic (exact) mass is 211 g/mol. The molecule has 0 aliphatic heterocycles. The molecule has 1 aromatic carbocycles. The number of hydrogen-bond donors (Lipinski definition) is 2. The minimum absolute atomic E-state index is 0.0960. The van der Waals surface area contributed by atoms with E-state index in [0.29, 0.717) is 5.56 Å². The molecular weight excluding hydrogens is 202 g/mol. The van der Waals surface area contributed by atoms with Gasteiger partial charge in [0.05, 0.1) is 17.4 Å². The number of non-ortho nitro benzene ring substituents is 1. The molecule has 0 aromatic heterocycles. The zero-order valence-corrected chi connectivity index (χ0v) is 7.66. The number of nitrogens with zero attached hydrogens (tertiary/aromatic N) is 1. The molecule has 1 aromatic rings. The number of hydrogen-bond acceptors (Lipinski definition) is 4. The van der Waals surface area contributed by atoms with Gasteiger partial charge < -0.3 is 10.2 Å². The van der Waals surface area contributed by atoms with E-state index in [-0.39, 0.29) is 5.69 Å². The first kappa shape index (κ1) is 11.1. The molecule has 0 heterocycles. The summed E-state index contributed by atoms with van der Waals surface area (Å²) in [6.07, 6.45) is -1.55. The Morgan fingerprint density at radius 3 is 2.33 bits per heavy atom. The van der Waals surface area contributed by atoms with Crippen molar-refractivity contribution in [1.82, 2.24) is 0 Å². The standard InChI is InChI=1S/C9H9NO5/c11-8(5-9(12)13)6-1-3-7(4-2-6)10(14)15/h1-4,8,11H,5H2,(H,12,13)/t8-/m1/s1. The second kappa shape index (κ2) is 4.52. The topological polar surface area (TPSA) is 101 Å². The number of carboxylic acids is 1. The maximum absolute atomic E-state index is 10.3. The van der Waals surface area contributed by atoms with Crippen LogP contribution in [0.4, 0.5) is 5.69 Å². The van der Waals surface area contributed by atoms with Crippen molar-refractivity contribution in [3.63, 3.8) is 0 Å². The SMILES string of the molecule is O=C(O)C[C@@H](O)c1ccc([N+](=O)[O-])cc1. The maximum Gasteiger partial charge on any atom is 0.306 e. The van der Waals surface area contributed by atoms with Gasteiger partial charge in [-0.1, -0.05) is 0 Å². The zero-order chi connectivity index (χ0) is 11.4. The Labute approximate surface area is 84.9 Å². The first-order valence-electron chi connectivity index (χ1n) is 4.15. The molecule has 0 saturated heterocycles. The highest BCUT2D eigenvalue weighted by Crippen LogP contribution is 2.19. The summed E-state index contributed by atoms with van der Waals surface area (Å²) < 4.78 is 0. The number of nitro benzene ring substituents is 1. The first-order chi connectivity index (χ1) is 7.00. The van der Waals surface area contributed by atoms with Gasteiger partial charge in [-0.15, -0.1) is 0 Å². The van der Waals surface area contributed by atoms with Gasteiger partial charge in [0.1, 0.15) is 0 Å². The molecule has 0 aliphatic rings. The van der Waals surface area contributed by atoms with Crippen LogP contribution in [0.5, 0.6) is 0 Å². The second-order valence-corrected chi connectivity index (χ2v) is 2.96. The minimum atomic E-state index is -1.14. The zero-order valence-electron chi connectivity index (χ0n) is 7.66. The molecule has 0 saturated carbocycles. The summed E-state index contributed by atoms with van der Waals surface area (Å²) in [5.74, 6) is -1.12. The van der Waals surface area contributed by atoms with Crippen molar-refractivity contribution >= 4 is 11.7 Å². The number of aliphatic hydroxyl groups excluding tert-OH is 1. The van der Waals surface area contributed by atoms with Crippen LogP contribution in [-0.4, -0.2) is 21.1 Å². The Kier molecular flexibility index (Phi) is 3.35. The summed E-state index contributed by atoms with van der Waals surface area (Å²) in [6.45, 7) is 0. The highest BCUT2D eigenvalue weighted by molar-refractivity contribution is 5.67. The van der Waals surface area contributed by atoms with Gasteiger partial charge in [0.15, 0.2) is 0 Å². The summed E-state index contributed by atoms with van der Waals surface area (Å²) in [5.41, 5.74) is 0.254. The van der Waals surface area contributed by atoms with Gasteiger partial charge in [-0.3, -0.25) is 14.9 Å².